The Bertz CT molecular complexity index is 540. The van der Waals surface area contributed by atoms with Crippen molar-refractivity contribution in [1.82, 2.24) is 4.98 Å². The number of nitrogens with zero attached hydrogens (tertiary/aromatic N) is 2. The van der Waals surface area contributed by atoms with Crippen molar-refractivity contribution in [3.8, 4) is 0 Å². The van der Waals surface area contributed by atoms with Crippen LogP contribution >= 0.6 is 12.2 Å². The van der Waals surface area contributed by atoms with E-state index in [2.05, 4.69) is 22.2 Å². The summed E-state index contributed by atoms with van der Waals surface area (Å²) in [6.07, 6.45) is 1.32. The molecule has 2 aromatic rings. The Hall–Kier alpha value is -1.84. The molecule has 0 spiro atoms. The molecule has 0 N–H and O–H groups in total. The first-order valence-electron chi connectivity index (χ1n) is 3.77. The molecule has 0 unspecified atom stereocenters. The van der Waals surface area contributed by atoms with Crippen LogP contribution in [0.3, 0.4) is 0 Å². The first-order chi connectivity index (χ1) is 6.81. The van der Waals surface area contributed by atoms with E-state index in [0.717, 1.165) is 0 Å². The molecule has 68 valence electrons. The van der Waals surface area contributed by atoms with Crippen LogP contribution in [0.2, 0.25) is 0 Å². The molecule has 1 aromatic carbocycles. The van der Waals surface area contributed by atoms with E-state index in [-0.39, 0.29) is 0 Å². The fourth-order valence-electron chi connectivity index (χ4n) is 1.09. The lowest BCUT2D eigenvalue weighted by atomic mass is 10.2. The van der Waals surface area contributed by atoms with E-state index in [9.17, 15) is 4.79 Å². The number of hydrogen-bond donors (Lipinski definition) is 0. The predicted molar refractivity (Wildman–Crippen MR) is 53.4 cm³/mol. The zero-order valence-corrected chi connectivity index (χ0v) is 7.75. The zero-order valence-electron chi connectivity index (χ0n) is 6.93. The van der Waals surface area contributed by atoms with E-state index in [4.69, 9.17) is 4.42 Å². The molecule has 0 saturated heterocycles. The number of carbonyl (C=O) groups excluding carboxylic acids is 1. The molecule has 4 nitrogen and oxygen atoms in total. The van der Waals surface area contributed by atoms with Crippen molar-refractivity contribution in [3.05, 3.63) is 30.2 Å². The molecule has 0 aliphatic rings. The monoisotopic (exact) mass is 204 g/mol. The Morgan fingerprint density at radius 2 is 2.43 bits per heavy atom. The molecule has 0 fully saturated rings. The first kappa shape index (κ1) is 8.74. The minimum Gasteiger partial charge on any atom is -0.443 e. The fraction of sp³-hybridized carbons (Fsp3) is 0. The Balaban J connectivity index is 2.53. The van der Waals surface area contributed by atoms with E-state index in [1.807, 2.05) is 5.16 Å². The average Bonchev–Trinajstić information content (AvgIpc) is 2.64. The Morgan fingerprint density at radius 3 is 3.21 bits per heavy atom. The van der Waals surface area contributed by atoms with Crippen molar-refractivity contribution in [2.24, 2.45) is 4.99 Å². The van der Waals surface area contributed by atoms with Crippen molar-refractivity contribution < 1.29 is 9.21 Å². The van der Waals surface area contributed by atoms with Crippen LogP contribution in [0.25, 0.3) is 11.1 Å². The number of fused-ring (bicyclic) bond motifs is 1. The normalized spacial score (nSPS) is 9.71. The number of thiocarbonyl (C=S) groups is 1. The summed E-state index contributed by atoms with van der Waals surface area (Å²) in [4.78, 5) is 18.5. The highest BCUT2D eigenvalue weighted by atomic mass is 32.1. The van der Waals surface area contributed by atoms with Gasteiger partial charge in [-0.1, -0.05) is 0 Å². The van der Waals surface area contributed by atoms with Crippen LogP contribution in [0.15, 0.2) is 34.0 Å². The molecule has 14 heavy (non-hydrogen) atoms. The zero-order chi connectivity index (χ0) is 9.97. The van der Waals surface area contributed by atoms with Gasteiger partial charge < -0.3 is 4.42 Å². The number of rotatable bonds is 1. The molecular weight excluding hydrogens is 200 g/mol. The maximum atomic E-state index is 11.3. The minimum atomic E-state index is -0.432. The number of benzene rings is 1. The predicted octanol–water partition coefficient (Wildman–Crippen LogP) is 2.07. The summed E-state index contributed by atoms with van der Waals surface area (Å²) < 4.78 is 5.04. The van der Waals surface area contributed by atoms with Crippen LogP contribution in [0.4, 0.5) is 0 Å². The molecule has 0 aliphatic heterocycles. The first-order valence-corrected chi connectivity index (χ1v) is 4.17. The van der Waals surface area contributed by atoms with Gasteiger partial charge in [0.25, 0.3) is 5.91 Å². The van der Waals surface area contributed by atoms with Crippen molar-refractivity contribution in [3.63, 3.8) is 0 Å². The number of aromatic nitrogens is 1. The van der Waals surface area contributed by atoms with Gasteiger partial charge in [-0.3, -0.25) is 4.79 Å². The highest BCUT2D eigenvalue weighted by Crippen LogP contribution is 2.14. The summed E-state index contributed by atoms with van der Waals surface area (Å²) in [7, 11) is 0. The summed E-state index contributed by atoms with van der Waals surface area (Å²) in [5, 5.41) is 2.02. The van der Waals surface area contributed by atoms with E-state index in [1.165, 1.54) is 6.39 Å². The maximum absolute atomic E-state index is 11.3. The van der Waals surface area contributed by atoms with E-state index in [1.54, 1.807) is 18.2 Å². The summed E-state index contributed by atoms with van der Waals surface area (Å²) in [6.45, 7) is 0. The van der Waals surface area contributed by atoms with Crippen molar-refractivity contribution in [2.75, 3.05) is 0 Å². The number of amides is 1. The SMILES string of the molecule is O=C(N=C=S)c1ccc2ncoc2c1. The van der Waals surface area contributed by atoms with E-state index >= 15 is 0 Å². The summed E-state index contributed by atoms with van der Waals surface area (Å²) in [5.74, 6) is -0.432. The smallest absolute Gasteiger partial charge is 0.285 e. The minimum absolute atomic E-state index is 0.409. The van der Waals surface area contributed by atoms with Crippen LogP contribution < -0.4 is 0 Å². The van der Waals surface area contributed by atoms with E-state index in [0.29, 0.717) is 16.7 Å². The second-order valence-corrected chi connectivity index (χ2v) is 2.73. The Kier molecular flexibility index (Phi) is 2.18. The molecule has 2 rings (SSSR count). The third-order valence-electron chi connectivity index (χ3n) is 1.73. The van der Waals surface area contributed by atoms with Crippen LogP contribution in [0.5, 0.6) is 0 Å². The van der Waals surface area contributed by atoms with Crippen molar-refractivity contribution in [1.29, 1.82) is 0 Å². The summed E-state index contributed by atoms with van der Waals surface area (Å²) in [5.41, 5.74) is 1.66. The fourth-order valence-corrected chi connectivity index (χ4v) is 1.18. The third kappa shape index (κ3) is 1.46. The molecule has 1 amide bonds. The lowest BCUT2D eigenvalue weighted by Crippen LogP contribution is -1.92. The van der Waals surface area contributed by atoms with Gasteiger partial charge in [-0.15, -0.1) is 0 Å². The number of hydrogen-bond acceptors (Lipinski definition) is 4. The van der Waals surface area contributed by atoms with Crippen LogP contribution in [-0.2, 0) is 0 Å². The molecular formula is C9H4N2O2S. The number of isothiocyanates is 1. The molecule has 0 aliphatic carbocycles. The van der Waals surface area contributed by atoms with Gasteiger partial charge in [0.15, 0.2) is 12.0 Å². The molecule has 0 bridgehead atoms. The van der Waals surface area contributed by atoms with Gasteiger partial charge in [-0.2, -0.15) is 4.99 Å². The summed E-state index contributed by atoms with van der Waals surface area (Å²) >= 11 is 4.33. The van der Waals surface area contributed by atoms with Crippen molar-refractivity contribution >= 4 is 34.4 Å². The molecule has 0 saturated carbocycles. The lowest BCUT2D eigenvalue weighted by Gasteiger charge is -1.92. The number of oxazole rings is 1. The quantitative estimate of drug-likeness (QED) is 0.527. The summed E-state index contributed by atoms with van der Waals surface area (Å²) in [6, 6.07) is 4.87. The van der Waals surface area contributed by atoms with Crippen LogP contribution in [0, 0.1) is 0 Å². The van der Waals surface area contributed by atoms with Gasteiger partial charge in [0.1, 0.15) is 5.52 Å². The Labute approximate surface area is 84.3 Å². The average molecular weight is 204 g/mol. The van der Waals surface area contributed by atoms with Gasteiger partial charge in [-0.25, -0.2) is 4.98 Å². The van der Waals surface area contributed by atoms with Gasteiger partial charge in [0.05, 0.1) is 5.16 Å². The third-order valence-corrected chi connectivity index (χ3v) is 1.82. The van der Waals surface area contributed by atoms with Crippen LogP contribution in [-0.4, -0.2) is 16.1 Å². The van der Waals surface area contributed by atoms with Gasteiger partial charge in [0, 0.05) is 5.56 Å². The van der Waals surface area contributed by atoms with Gasteiger partial charge in [0.2, 0.25) is 0 Å². The van der Waals surface area contributed by atoms with Gasteiger partial charge in [-0.05, 0) is 30.4 Å². The van der Waals surface area contributed by atoms with Gasteiger partial charge >= 0.3 is 0 Å². The highest BCUT2D eigenvalue weighted by Gasteiger charge is 2.06. The second kappa shape index (κ2) is 3.49. The molecule has 1 heterocycles. The van der Waals surface area contributed by atoms with Crippen molar-refractivity contribution in [2.45, 2.75) is 0 Å². The van der Waals surface area contributed by atoms with Crippen LogP contribution in [0.1, 0.15) is 10.4 Å². The topological polar surface area (TPSA) is 55.5 Å². The Morgan fingerprint density at radius 1 is 1.57 bits per heavy atom. The van der Waals surface area contributed by atoms with E-state index < -0.39 is 5.91 Å². The standard InChI is InChI=1S/C9H4N2O2S/c12-9(11-5-14)6-1-2-7-8(3-6)13-4-10-7/h1-4H. The second-order valence-electron chi connectivity index (χ2n) is 2.54. The molecule has 0 radical (unpaired) electrons. The number of carbonyl (C=O) groups is 1. The lowest BCUT2D eigenvalue weighted by molar-refractivity contribution is 0.100. The largest absolute Gasteiger partial charge is 0.443 e. The highest BCUT2D eigenvalue weighted by molar-refractivity contribution is 7.78. The molecule has 0 atom stereocenters. The maximum Gasteiger partial charge on any atom is 0.285 e. The molecule has 5 heteroatoms. The molecule has 1 aromatic heterocycles. The number of aliphatic imine (C=N–C) groups is 1.